The number of aryl methyl sites for hydroxylation is 1. The van der Waals surface area contributed by atoms with Gasteiger partial charge in [-0.25, -0.2) is 9.97 Å². The topological polar surface area (TPSA) is 64.9 Å². The van der Waals surface area contributed by atoms with Crippen LogP contribution in [-0.2, 0) is 0 Å². The van der Waals surface area contributed by atoms with Gasteiger partial charge in [-0.3, -0.25) is 0 Å². The van der Waals surface area contributed by atoms with Crippen LogP contribution in [0.4, 0.5) is 0 Å². The van der Waals surface area contributed by atoms with E-state index in [-0.39, 0.29) is 6.04 Å². The molecule has 0 spiro atoms. The summed E-state index contributed by atoms with van der Waals surface area (Å²) in [6.07, 6.45) is 1.76. The third-order valence-corrected chi connectivity index (χ3v) is 3.96. The fourth-order valence-corrected chi connectivity index (χ4v) is 2.76. The highest BCUT2D eigenvalue weighted by atomic mass is 32.2. The lowest BCUT2D eigenvalue weighted by Gasteiger charge is -2.07. The Bertz CT molecular complexity index is 693. The van der Waals surface area contributed by atoms with Crippen LogP contribution in [0.25, 0.3) is 11.0 Å². The zero-order chi connectivity index (χ0) is 13.9. The molecule has 0 bridgehead atoms. The summed E-state index contributed by atoms with van der Waals surface area (Å²) in [5, 5.41) is 1.83. The van der Waals surface area contributed by atoms with Crippen molar-refractivity contribution in [2.24, 2.45) is 5.73 Å². The number of thioether (sulfide) groups is 1. The van der Waals surface area contributed by atoms with E-state index in [4.69, 9.17) is 10.2 Å². The van der Waals surface area contributed by atoms with Crippen molar-refractivity contribution >= 4 is 22.7 Å². The summed E-state index contributed by atoms with van der Waals surface area (Å²) in [5.74, 6) is 1.48. The number of furan rings is 1. The quantitative estimate of drug-likeness (QED) is 0.588. The molecule has 1 unspecified atom stereocenters. The second kappa shape index (κ2) is 5.64. The van der Waals surface area contributed by atoms with E-state index in [1.165, 1.54) is 0 Å². The molecule has 0 amide bonds. The predicted molar refractivity (Wildman–Crippen MR) is 80.6 cm³/mol. The van der Waals surface area contributed by atoms with Crippen molar-refractivity contribution in [2.45, 2.75) is 18.1 Å². The van der Waals surface area contributed by atoms with Gasteiger partial charge in [0.05, 0.1) is 6.04 Å². The van der Waals surface area contributed by atoms with E-state index in [2.05, 4.69) is 9.97 Å². The fraction of sp³-hybridized carbons (Fsp3) is 0.200. The zero-order valence-corrected chi connectivity index (χ0v) is 11.9. The molecular weight excluding hydrogens is 270 g/mol. The van der Waals surface area contributed by atoms with Crippen LogP contribution in [0, 0.1) is 6.92 Å². The standard InChI is InChI=1S/C15H15N3OS/c1-10-6-7-17-15(18-10)20-9-12(16)14-8-11-4-2-3-5-13(11)19-14/h2-8,12H,9,16H2,1H3. The lowest BCUT2D eigenvalue weighted by molar-refractivity contribution is 0.516. The Labute approximate surface area is 121 Å². The van der Waals surface area contributed by atoms with E-state index in [0.29, 0.717) is 5.75 Å². The monoisotopic (exact) mass is 285 g/mol. The molecule has 1 atom stereocenters. The number of aromatic nitrogens is 2. The molecule has 20 heavy (non-hydrogen) atoms. The normalized spacial score (nSPS) is 12.7. The molecule has 0 saturated carbocycles. The third-order valence-electron chi connectivity index (χ3n) is 2.97. The maximum Gasteiger partial charge on any atom is 0.187 e. The summed E-state index contributed by atoms with van der Waals surface area (Å²) in [7, 11) is 0. The average molecular weight is 285 g/mol. The van der Waals surface area contributed by atoms with Crippen molar-refractivity contribution in [1.29, 1.82) is 0 Å². The molecule has 1 aromatic carbocycles. The van der Waals surface area contributed by atoms with E-state index in [9.17, 15) is 0 Å². The van der Waals surface area contributed by atoms with Gasteiger partial charge in [0.2, 0.25) is 0 Å². The molecule has 102 valence electrons. The van der Waals surface area contributed by atoms with Gasteiger partial charge in [-0.05, 0) is 25.1 Å². The first-order valence-corrected chi connectivity index (χ1v) is 7.37. The smallest absolute Gasteiger partial charge is 0.187 e. The van der Waals surface area contributed by atoms with Crippen LogP contribution in [0.5, 0.6) is 0 Å². The first-order valence-electron chi connectivity index (χ1n) is 6.39. The molecule has 0 saturated heterocycles. The minimum Gasteiger partial charge on any atom is -0.459 e. The first kappa shape index (κ1) is 13.1. The Hall–Kier alpha value is -1.85. The van der Waals surface area contributed by atoms with Gasteiger partial charge in [-0.1, -0.05) is 30.0 Å². The third kappa shape index (κ3) is 2.84. The molecule has 0 radical (unpaired) electrons. The zero-order valence-electron chi connectivity index (χ0n) is 11.1. The highest BCUT2D eigenvalue weighted by Gasteiger charge is 2.13. The molecule has 0 aliphatic carbocycles. The summed E-state index contributed by atoms with van der Waals surface area (Å²) in [4.78, 5) is 8.56. The maximum atomic E-state index is 6.17. The minimum atomic E-state index is -0.170. The summed E-state index contributed by atoms with van der Waals surface area (Å²) in [6, 6.07) is 11.6. The Kier molecular flexibility index (Phi) is 3.71. The molecule has 5 heteroatoms. The summed E-state index contributed by atoms with van der Waals surface area (Å²) >= 11 is 1.54. The molecule has 4 nitrogen and oxygen atoms in total. The van der Waals surface area contributed by atoms with Crippen LogP contribution in [0.3, 0.4) is 0 Å². The lowest BCUT2D eigenvalue weighted by Crippen LogP contribution is -2.12. The highest BCUT2D eigenvalue weighted by molar-refractivity contribution is 7.99. The molecule has 2 N–H and O–H groups in total. The Morgan fingerprint density at radius 3 is 2.95 bits per heavy atom. The van der Waals surface area contributed by atoms with E-state index in [1.807, 2.05) is 43.3 Å². The number of nitrogens with two attached hydrogens (primary N) is 1. The largest absolute Gasteiger partial charge is 0.459 e. The van der Waals surface area contributed by atoms with Gasteiger partial charge >= 0.3 is 0 Å². The predicted octanol–water partition coefficient (Wildman–Crippen LogP) is 3.32. The second-order valence-electron chi connectivity index (χ2n) is 4.58. The van der Waals surface area contributed by atoms with Crippen molar-refractivity contribution in [3.8, 4) is 0 Å². The van der Waals surface area contributed by atoms with Crippen LogP contribution in [0.1, 0.15) is 17.5 Å². The van der Waals surface area contributed by atoms with Gasteiger partial charge in [0.1, 0.15) is 11.3 Å². The van der Waals surface area contributed by atoms with Crippen molar-refractivity contribution in [1.82, 2.24) is 9.97 Å². The molecule has 2 aromatic heterocycles. The summed E-state index contributed by atoms with van der Waals surface area (Å²) in [5.41, 5.74) is 8.00. The number of hydrogen-bond donors (Lipinski definition) is 1. The number of para-hydroxylation sites is 1. The molecule has 0 fully saturated rings. The van der Waals surface area contributed by atoms with Crippen molar-refractivity contribution < 1.29 is 4.42 Å². The molecular formula is C15H15N3OS. The van der Waals surface area contributed by atoms with Crippen LogP contribution < -0.4 is 5.73 Å². The molecule has 0 aliphatic heterocycles. The lowest BCUT2D eigenvalue weighted by atomic mass is 10.2. The average Bonchev–Trinajstić information content (AvgIpc) is 2.89. The maximum absolute atomic E-state index is 6.17. The van der Waals surface area contributed by atoms with E-state index in [0.717, 1.165) is 27.6 Å². The summed E-state index contributed by atoms with van der Waals surface area (Å²) < 4.78 is 5.76. The SMILES string of the molecule is Cc1ccnc(SCC(N)c2cc3ccccc3o2)n1. The Morgan fingerprint density at radius 2 is 2.15 bits per heavy atom. The van der Waals surface area contributed by atoms with Crippen LogP contribution in [0.2, 0.25) is 0 Å². The fourth-order valence-electron chi connectivity index (χ4n) is 1.93. The van der Waals surface area contributed by atoms with Crippen molar-refractivity contribution in [2.75, 3.05) is 5.75 Å². The number of benzene rings is 1. The molecule has 3 rings (SSSR count). The van der Waals surface area contributed by atoms with Crippen LogP contribution in [0.15, 0.2) is 52.2 Å². The van der Waals surface area contributed by atoms with E-state index in [1.54, 1.807) is 18.0 Å². The van der Waals surface area contributed by atoms with Gasteiger partial charge in [0, 0.05) is 23.0 Å². The van der Waals surface area contributed by atoms with Crippen LogP contribution in [-0.4, -0.2) is 15.7 Å². The highest BCUT2D eigenvalue weighted by Crippen LogP contribution is 2.26. The molecule has 2 heterocycles. The van der Waals surface area contributed by atoms with Gasteiger partial charge in [0.15, 0.2) is 5.16 Å². The number of hydrogen-bond acceptors (Lipinski definition) is 5. The van der Waals surface area contributed by atoms with E-state index >= 15 is 0 Å². The summed E-state index contributed by atoms with van der Waals surface area (Å²) in [6.45, 7) is 1.95. The van der Waals surface area contributed by atoms with Gasteiger partial charge in [-0.15, -0.1) is 0 Å². The first-order chi connectivity index (χ1) is 9.72. The number of rotatable bonds is 4. The van der Waals surface area contributed by atoms with Gasteiger partial charge in [0.25, 0.3) is 0 Å². The second-order valence-corrected chi connectivity index (χ2v) is 5.57. The van der Waals surface area contributed by atoms with Gasteiger partial charge < -0.3 is 10.2 Å². The van der Waals surface area contributed by atoms with Gasteiger partial charge in [-0.2, -0.15) is 0 Å². The van der Waals surface area contributed by atoms with Crippen molar-refractivity contribution in [3.63, 3.8) is 0 Å². The Morgan fingerprint density at radius 1 is 1.30 bits per heavy atom. The van der Waals surface area contributed by atoms with Crippen LogP contribution >= 0.6 is 11.8 Å². The Balaban J connectivity index is 1.71. The minimum absolute atomic E-state index is 0.170. The number of nitrogens with zero attached hydrogens (tertiary/aromatic N) is 2. The van der Waals surface area contributed by atoms with Crippen molar-refractivity contribution in [3.05, 3.63) is 54.0 Å². The molecule has 0 aliphatic rings. The molecule has 3 aromatic rings. The van der Waals surface area contributed by atoms with E-state index < -0.39 is 0 Å². The number of fused-ring (bicyclic) bond motifs is 1.